The maximum Gasteiger partial charge on any atom is 0.416 e. The van der Waals surface area contributed by atoms with Crippen molar-refractivity contribution in [1.82, 2.24) is 0 Å². The second-order valence-corrected chi connectivity index (χ2v) is 6.54. The van der Waals surface area contributed by atoms with E-state index in [1.807, 2.05) is 6.07 Å². The Morgan fingerprint density at radius 2 is 1.87 bits per heavy atom. The fourth-order valence-electron chi connectivity index (χ4n) is 2.44. The Morgan fingerprint density at radius 1 is 1.13 bits per heavy atom. The van der Waals surface area contributed by atoms with Gasteiger partial charge >= 0.3 is 6.18 Å². The topological polar surface area (TPSA) is 20.3 Å². The molecule has 0 bridgehead atoms. The van der Waals surface area contributed by atoms with Gasteiger partial charge in [0.05, 0.1) is 11.3 Å². The molecule has 0 saturated carbocycles. The van der Waals surface area contributed by atoms with Gasteiger partial charge in [-0.05, 0) is 35.9 Å². The van der Waals surface area contributed by atoms with Crippen LogP contribution in [0.15, 0.2) is 48.5 Å². The molecular formula is C16H11ClF3NOS. The Morgan fingerprint density at radius 3 is 2.57 bits per heavy atom. The number of rotatable bonds is 2. The second-order valence-electron chi connectivity index (χ2n) is 5.03. The van der Waals surface area contributed by atoms with Crippen molar-refractivity contribution in [2.75, 3.05) is 10.7 Å². The van der Waals surface area contributed by atoms with Crippen LogP contribution in [-0.4, -0.2) is 11.7 Å². The van der Waals surface area contributed by atoms with E-state index in [1.165, 1.54) is 28.8 Å². The number of anilines is 1. The van der Waals surface area contributed by atoms with Crippen molar-refractivity contribution >= 4 is 35.0 Å². The molecule has 2 nitrogen and oxygen atoms in total. The van der Waals surface area contributed by atoms with Crippen molar-refractivity contribution in [3.8, 4) is 0 Å². The molecule has 1 aliphatic heterocycles. The van der Waals surface area contributed by atoms with Crippen LogP contribution < -0.4 is 4.90 Å². The summed E-state index contributed by atoms with van der Waals surface area (Å²) in [5.41, 5.74) is 0.245. The van der Waals surface area contributed by atoms with Gasteiger partial charge in [-0.25, -0.2) is 0 Å². The summed E-state index contributed by atoms with van der Waals surface area (Å²) in [6.07, 6.45) is -4.45. The number of carbonyl (C=O) groups excluding carboxylic acids is 1. The first kappa shape index (κ1) is 16.2. The molecule has 0 aromatic heterocycles. The normalized spacial score (nSPS) is 18.5. The third-order valence-corrected chi connectivity index (χ3v) is 4.90. The van der Waals surface area contributed by atoms with Crippen LogP contribution in [0.1, 0.15) is 16.5 Å². The van der Waals surface area contributed by atoms with Gasteiger partial charge < -0.3 is 0 Å². The number of hydrogen-bond donors (Lipinski definition) is 0. The van der Waals surface area contributed by atoms with Crippen molar-refractivity contribution in [2.24, 2.45) is 0 Å². The first-order chi connectivity index (χ1) is 10.9. The number of thioether (sulfide) groups is 1. The molecule has 0 unspecified atom stereocenters. The van der Waals surface area contributed by atoms with Gasteiger partial charge in [0.1, 0.15) is 5.37 Å². The summed E-state index contributed by atoms with van der Waals surface area (Å²) in [6, 6.07) is 11.8. The van der Waals surface area contributed by atoms with Crippen molar-refractivity contribution in [3.63, 3.8) is 0 Å². The molecule has 1 saturated heterocycles. The summed E-state index contributed by atoms with van der Waals surface area (Å²) >= 11 is 7.34. The molecule has 23 heavy (non-hydrogen) atoms. The lowest BCUT2D eigenvalue weighted by molar-refractivity contribution is -0.137. The fourth-order valence-corrected chi connectivity index (χ4v) is 3.81. The van der Waals surface area contributed by atoms with E-state index in [0.717, 1.165) is 17.7 Å². The van der Waals surface area contributed by atoms with Crippen LogP contribution in [-0.2, 0) is 11.0 Å². The van der Waals surface area contributed by atoms with E-state index in [0.29, 0.717) is 5.02 Å². The van der Waals surface area contributed by atoms with Gasteiger partial charge in [-0.2, -0.15) is 13.2 Å². The van der Waals surface area contributed by atoms with Crippen LogP contribution >= 0.6 is 23.4 Å². The van der Waals surface area contributed by atoms with Crippen LogP contribution in [0.3, 0.4) is 0 Å². The molecule has 0 spiro atoms. The van der Waals surface area contributed by atoms with Gasteiger partial charge in [0.2, 0.25) is 5.91 Å². The predicted octanol–water partition coefficient (Wildman–Crippen LogP) is 5.14. The standard InChI is InChI=1S/C16H11ClF3NOS/c17-12-5-1-3-10(7-12)15-21(14(22)9-23-15)13-6-2-4-11(8-13)16(18,19)20/h1-8,15H,9H2/t15-/m0/s1. The highest BCUT2D eigenvalue weighted by atomic mass is 35.5. The number of benzene rings is 2. The van der Waals surface area contributed by atoms with E-state index >= 15 is 0 Å². The Hall–Kier alpha value is -1.66. The molecule has 1 atom stereocenters. The van der Waals surface area contributed by atoms with E-state index < -0.39 is 11.7 Å². The molecule has 7 heteroatoms. The summed E-state index contributed by atoms with van der Waals surface area (Å²) < 4.78 is 38.7. The fraction of sp³-hybridized carbons (Fsp3) is 0.188. The lowest BCUT2D eigenvalue weighted by Gasteiger charge is -2.25. The maximum absolute atomic E-state index is 12.9. The molecule has 1 aliphatic rings. The largest absolute Gasteiger partial charge is 0.416 e. The summed E-state index contributed by atoms with van der Waals surface area (Å²) in [5, 5.41) is 0.135. The summed E-state index contributed by atoms with van der Waals surface area (Å²) in [5.74, 6) is -0.00717. The lowest BCUT2D eigenvalue weighted by Crippen LogP contribution is -2.28. The van der Waals surface area contributed by atoms with E-state index in [-0.39, 0.29) is 22.7 Å². The van der Waals surface area contributed by atoms with E-state index in [4.69, 9.17) is 11.6 Å². The van der Waals surface area contributed by atoms with Gasteiger partial charge in [-0.15, -0.1) is 11.8 Å². The molecule has 1 heterocycles. The number of alkyl halides is 3. The lowest BCUT2D eigenvalue weighted by atomic mass is 10.1. The quantitative estimate of drug-likeness (QED) is 0.742. The Labute approximate surface area is 140 Å². The molecular weight excluding hydrogens is 347 g/mol. The SMILES string of the molecule is O=C1CS[C@@H](c2cccc(Cl)c2)N1c1cccc(C(F)(F)F)c1. The minimum absolute atomic E-state index is 0.216. The second kappa shape index (κ2) is 6.09. The first-order valence-corrected chi connectivity index (χ1v) is 8.15. The number of nitrogens with zero attached hydrogens (tertiary/aromatic N) is 1. The molecule has 3 rings (SSSR count). The molecule has 1 amide bonds. The Bertz CT molecular complexity index is 750. The van der Waals surface area contributed by atoms with E-state index in [1.54, 1.807) is 18.2 Å². The van der Waals surface area contributed by atoms with Crippen molar-refractivity contribution in [3.05, 3.63) is 64.7 Å². The number of carbonyl (C=O) groups is 1. The third kappa shape index (κ3) is 3.33. The van der Waals surface area contributed by atoms with E-state index in [2.05, 4.69) is 0 Å². The van der Waals surface area contributed by atoms with Crippen LogP contribution in [0.25, 0.3) is 0 Å². The Kier molecular flexibility index (Phi) is 4.29. The average Bonchev–Trinajstić information content (AvgIpc) is 2.88. The monoisotopic (exact) mass is 357 g/mol. The predicted molar refractivity (Wildman–Crippen MR) is 85.6 cm³/mol. The van der Waals surface area contributed by atoms with E-state index in [9.17, 15) is 18.0 Å². The smallest absolute Gasteiger partial charge is 0.295 e. The highest BCUT2D eigenvalue weighted by molar-refractivity contribution is 8.00. The molecule has 0 radical (unpaired) electrons. The summed E-state index contributed by atoms with van der Waals surface area (Å²) in [4.78, 5) is 13.6. The molecule has 1 fully saturated rings. The molecule has 120 valence electrons. The van der Waals surface area contributed by atoms with Gasteiger partial charge in [0.15, 0.2) is 0 Å². The van der Waals surface area contributed by atoms with Crippen molar-refractivity contribution < 1.29 is 18.0 Å². The molecule has 2 aromatic carbocycles. The highest BCUT2D eigenvalue weighted by Gasteiger charge is 2.36. The minimum atomic E-state index is -4.45. The van der Waals surface area contributed by atoms with Gasteiger partial charge in [0.25, 0.3) is 0 Å². The van der Waals surface area contributed by atoms with Gasteiger partial charge in [-0.3, -0.25) is 9.69 Å². The Balaban J connectivity index is 2.01. The first-order valence-electron chi connectivity index (χ1n) is 6.72. The zero-order valence-corrected chi connectivity index (χ0v) is 13.3. The van der Waals surface area contributed by atoms with Crippen LogP contribution in [0.4, 0.5) is 18.9 Å². The zero-order valence-electron chi connectivity index (χ0n) is 11.7. The molecule has 0 aliphatic carbocycles. The number of hydrogen-bond acceptors (Lipinski definition) is 2. The minimum Gasteiger partial charge on any atom is -0.295 e. The zero-order chi connectivity index (χ0) is 16.6. The van der Waals surface area contributed by atoms with Crippen LogP contribution in [0, 0.1) is 0 Å². The van der Waals surface area contributed by atoms with Crippen molar-refractivity contribution in [2.45, 2.75) is 11.6 Å². The van der Waals surface area contributed by atoms with Crippen molar-refractivity contribution in [1.29, 1.82) is 0 Å². The summed E-state index contributed by atoms with van der Waals surface area (Å²) in [6.45, 7) is 0. The molecule has 2 aromatic rings. The van der Waals surface area contributed by atoms with Gasteiger partial charge in [-0.1, -0.05) is 29.8 Å². The number of halogens is 4. The molecule has 0 N–H and O–H groups in total. The number of amides is 1. The van der Waals surface area contributed by atoms with Gasteiger partial charge in [0, 0.05) is 10.7 Å². The average molecular weight is 358 g/mol. The third-order valence-electron chi connectivity index (χ3n) is 3.45. The summed E-state index contributed by atoms with van der Waals surface area (Å²) in [7, 11) is 0. The van der Waals surface area contributed by atoms with Crippen LogP contribution in [0.2, 0.25) is 5.02 Å². The highest BCUT2D eigenvalue weighted by Crippen LogP contribution is 2.43. The maximum atomic E-state index is 12.9. The van der Waals surface area contributed by atoms with Crippen LogP contribution in [0.5, 0.6) is 0 Å².